The summed E-state index contributed by atoms with van der Waals surface area (Å²) in [5.74, 6) is 0. The van der Waals surface area contributed by atoms with E-state index in [1.807, 2.05) is 18.7 Å². The maximum absolute atomic E-state index is 5.32. The van der Waals surface area contributed by atoms with Gasteiger partial charge >= 0.3 is 0 Å². The van der Waals surface area contributed by atoms with Crippen LogP contribution in [-0.2, 0) is 0 Å². The molecule has 26 heavy (non-hydrogen) atoms. The maximum Gasteiger partial charge on any atom is 0.187 e. The lowest BCUT2D eigenvalue weighted by molar-refractivity contribution is 0.624. The van der Waals surface area contributed by atoms with Crippen molar-refractivity contribution in [2.45, 2.75) is 57.2 Å². The van der Waals surface area contributed by atoms with Gasteiger partial charge in [-0.3, -0.25) is 10.4 Å². The van der Waals surface area contributed by atoms with Gasteiger partial charge in [0.05, 0.1) is 12.3 Å². The van der Waals surface area contributed by atoms with E-state index in [-0.39, 0.29) is 0 Å². The number of nitrogens with zero attached hydrogens (tertiary/aromatic N) is 2. The number of benzene rings is 1. The quantitative estimate of drug-likeness (QED) is 0.402. The van der Waals surface area contributed by atoms with Gasteiger partial charge in [0.2, 0.25) is 0 Å². The molecular formula is C19H27N5S2. The number of nitrogens with one attached hydrogen (secondary N) is 3. The fourth-order valence-electron chi connectivity index (χ4n) is 3.10. The van der Waals surface area contributed by atoms with Crippen molar-refractivity contribution < 1.29 is 0 Å². The molecule has 1 saturated carbocycles. The largest absolute Gasteiger partial charge is 0.359 e. The minimum Gasteiger partial charge on any atom is -0.359 e. The van der Waals surface area contributed by atoms with Gasteiger partial charge in [0, 0.05) is 17.0 Å². The fraction of sp³-hybridized carbons (Fsp3) is 0.526. The number of amidine groups is 1. The first-order valence-corrected chi connectivity index (χ1v) is 10.6. The van der Waals surface area contributed by atoms with E-state index in [1.54, 1.807) is 0 Å². The molecule has 0 unspecified atom stereocenters. The Morgan fingerprint density at radius 2 is 2.00 bits per heavy atom. The first-order chi connectivity index (χ1) is 12.6. The van der Waals surface area contributed by atoms with E-state index < -0.39 is 0 Å². The Kier molecular flexibility index (Phi) is 6.91. The second kappa shape index (κ2) is 9.37. The maximum atomic E-state index is 5.32. The van der Waals surface area contributed by atoms with Crippen LogP contribution >= 0.6 is 24.0 Å². The SMILES string of the molecule is CC[C@@H]1CN=C(Nc2ccc(/C(C)=N\NC(=S)NC3CCCC3)cc2)S1. The van der Waals surface area contributed by atoms with E-state index in [9.17, 15) is 0 Å². The van der Waals surface area contributed by atoms with E-state index in [0.717, 1.165) is 35.1 Å². The number of aliphatic imine (C=N–C) groups is 1. The molecule has 7 heteroatoms. The molecular weight excluding hydrogens is 362 g/mol. The summed E-state index contributed by atoms with van der Waals surface area (Å²) in [7, 11) is 0. The smallest absolute Gasteiger partial charge is 0.187 e. The topological polar surface area (TPSA) is 60.8 Å². The molecule has 0 spiro atoms. The highest BCUT2D eigenvalue weighted by Crippen LogP contribution is 2.24. The molecule has 0 radical (unpaired) electrons. The zero-order chi connectivity index (χ0) is 18.4. The van der Waals surface area contributed by atoms with Crippen molar-refractivity contribution in [1.82, 2.24) is 10.7 Å². The van der Waals surface area contributed by atoms with Gasteiger partial charge in [0.15, 0.2) is 10.3 Å². The van der Waals surface area contributed by atoms with Crippen molar-refractivity contribution in [3.8, 4) is 0 Å². The summed E-state index contributed by atoms with van der Waals surface area (Å²) >= 11 is 7.15. The summed E-state index contributed by atoms with van der Waals surface area (Å²) in [6.45, 7) is 5.10. The zero-order valence-corrected chi connectivity index (χ0v) is 17.1. The van der Waals surface area contributed by atoms with Crippen LogP contribution in [0.4, 0.5) is 5.69 Å². The average Bonchev–Trinajstić information content (AvgIpc) is 3.32. The number of rotatable bonds is 5. The molecule has 5 nitrogen and oxygen atoms in total. The molecule has 1 aromatic carbocycles. The number of thiocarbonyl (C=S) groups is 1. The monoisotopic (exact) mass is 389 g/mol. The Labute approximate surface area is 165 Å². The fourth-order valence-corrected chi connectivity index (χ4v) is 4.27. The van der Waals surface area contributed by atoms with E-state index in [1.165, 1.54) is 25.7 Å². The minimum atomic E-state index is 0.500. The number of anilines is 1. The summed E-state index contributed by atoms with van der Waals surface area (Å²) in [5, 5.41) is 13.4. The summed E-state index contributed by atoms with van der Waals surface area (Å²) in [6.07, 6.45) is 6.11. The van der Waals surface area contributed by atoms with E-state index >= 15 is 0 Å². The molecule has 1 heterocycles. The molecule has 1 aliphatic heterocycles. The predicted molar refractivity (Wildman–Crippen MR) is 117 cm³/mol. The van der Waals surface area contributed by atoms with Crippen molar-refractivity contribution in [2.24, 2.45) is 10.1 Å². The highest BCUT2D eigenvalue weighted by atomic mass is 32.2. The van der Waals surface area contributed by atoms with Crippen LogP contribution in [0.25, 0.3) is 0 Å². The van der Waals surface area contributed by atoms with Crippen LogP contribution in [0.15, 0.2) is 34.4 Å². The minimum absolute atomic E-state index is 0.500. The summed E-state index contributed by atoms with van der Waals surface area (Å²) in [5.41, 5.74) is 5.99. The average molecular weight is 390 g/mol. The molecule has 1 aromatic rings. The third-order valence-corrected chi connectivity index (χ3v) is 6.22. The Morgan fingerprint density at radius 1 is 1.27 bits per heavy atom. The molecule has 140 valence electrons. The van der Waals surface area contributed by atoms with Crippen molar-refractivity contribution in [1.29, 1.82) is 0 Å². The van der Waals surface area contributed by atoms with Gasteiger partial charge in [0.1, 0.15) is 0 Å². The van der Waals surface area contributed by atoms with Gasteiger partial charge in [-0.1, -0.05) is 43.7 Å². The van der Waals surface area contributed by atoms with Gasteiger partial charge in [-0.25, -0.2) is 0 Å². The molecule has 0 aromatic heterocycles. The van der Waals surface area contributed by atoms with E-state index in [4.69, 9.17) is 12.2 Å². The highest BCUT2D eigenvalue weighted by Gasteiger charge is 2.17. The van der Waals surface area contributed by atoms with Crippen molar-refractivity contribution >= 4 is 45.7 Å². The molecule has 0 saturated heterocycles. The Hall–Kier alpha value is -1.60. The van der Waals surface area contributed by atoms with Crippen LogP contribution in [0.2, 0.25) is 0 Å². The van der Waals surface area contributed by atoms with E-state index in [0.29, 0.717) is 16.4 Å². The third-order valence-electron chi connectivity index (χ3n) is 4.74. The number of hydrogen-bond acceptors (Lipinski definition) is 5. The zero-order valence-electron chi connectivity index (χ0n) is 15.4. The van der Waals surface area contributed by atoms with Crippen molar-refractivity contribution in [3.63, 3.8) is 0 Å². The Morgan fingerprint density at radius 3 is 2.65 bits per heavy atom. The van der Waals surface area contributed by atoms with Crippen molar-refractivity contribution in [3.05, 3.63) is 29.8 Å². The summed E-state index contributed by atoms with van der Waals surface area (Å²) in [4.78, 5) is 4.55. The van der Waals surface area contributed by atoms with Gasteiger partial charge < -0.3 is 10.6 Å². The van der Waals surface area contributed by atoms with Crippen LogP contribution < -0.4 is 16.1 Å². The summed E-state index contributed by atoms with van der Waals surface area (Å²) < 4.78 is 0. The molecule has 1 atom stereocenters. The predicted octanol–water partition coefficient (Wildman–Crippen LogP) is 4.11. The molecule has 0 bridgehead atoms. The molecule has 3 N–H and O–H groups in total. The van der Waals surface area contributed by atoms with Gasteiger partial charge in [-0.05, 0) is 56.1 Å². The summed E-state index contributed by atoms with van der Waals surface area (Å²) in [6, 6.07) is 8.75. The lowest BCUT2D eigenvalue weighted by Gasteiger charge is -2.13. The number of thioether (sulfide) groups is 1. The number of hydrazone groups is 1. The van der Waals surface area contributed by atoms with Crippen LogP contribution in [0.5, 0.6) is 0 Å². The Bertz CT molecular complexity index is 678. The van der Waals surface area contributed by atoms with Gasteiger partial charge in [-0.15, -0.1) is 0 Å². The molecule has 3 rings (SSSR count). The van der Waals surface area contributed by atoms with Crippen LogP contribution in [-0.4, -0.2) is 33.8 Å². The second-order valence-electron chi connectivity index (χ2n) is 6.76. The lowest BCUT2D eigenvalue weighted by Crippen LogP contribution is -2.38. The van der Waals surface area contributed by atoms with Crippen LogP contribution in [0, 0.1) is 0 Å². The van der Waals surface area contributed by atoms with Crippen molar-refractivity contribution in [2.75, 3.05) is 11.9 Å². The van der Waals surface area contributed by atoms with Crippen LogP contribution in [0.3, 0.4) is 0 Å². The van der Waals surface area contributed by atoms with Gasteiger partial charge in [-0.2, -0.15) is 5.10 Å². The lowest BCUT2D eigenvalue weighted by atomic mass is 10.1. The third kappa shape index (κ3) is 5.45. The second-order valence-corrected chi connectivity index (χ2v) is 8.46. The highest BCUT2D eigenvalue weighted by molar-refractivity contribution is 8.15. The first-order valence-electron chi connectivity index (χ1n) is 9.33. The first kappa shape index (κ1) is 19.2. The molecule has 1 fully saturated rings. The number of hydrogen-bond donors (Lipinski definition) is 3. The van der Waals surface area contributed by atoms with Crippen LogP contribution in [0.1, 0.15) is 51.5 Å². The van der Waals surface area contributed by atoms with E-state index in [2.05, 4.69) is 57.3 Å². The molecule has 1 aliphatic carbocycles. The molecule has 0 amide bonds. The standard InChI is InChI=1S/C19H27N5S2/c1-3-17-12-20-19(26-17)22-16-10-8-14(9-11-16)13(2)23-24-18(25)21-15-6-4-5-7-15/h8-11,15,17H,3-7,12H2,1-2H3,(H,20,22)(H2,21,24,25)/b23-13-/t17-/m1/s1. The Balaban J connectivity index is 1.49. The normalized spacial score (nSPS) is 20.8. The van der Waals surface area contributed by atoms with Gasteiger partial charge in [0.25, 0.3) is 0 Å². The molecule has 2 aliphatic rings.